The zero-order valence-electron chi connectivity index (χ0n) is 54.8. The van der Waals surface area contributed by atoms with E-state index in [0.29, 0.717) is 6.42 Å². The normalized spacial score (nSPS) is 47.5. The Morgan fingerprint density at radius 3 is 0.820 bits per heavy atom. The summed E-state index contributed by atoms with van der Waals surface area (Å²) in [6.07, 6.45) is -62.6. The molecule has 5 unspecified atom stereocenters. The minimum atomic E-state index is -2.42. The third kappa shape index (κ3) is 17.4. The summed E-state index contributed by atoms with van der Waals surface area (Å²) in [5.41, 5.74) is -2.42. The van der Waals surface area contributed by atoms with Crippen LogP contribution in [0.3, 0.4) is 0 Å². The molecular weight excluding hydrogens is 1350 g/mol. The van der Waals surface area contributed by atoms with Crippen molar-refractivity contribution in [1.82, 2.24) is 10.6 Å². The van der Waals surface area contributed by atoms with E-state index in [0.717, 1.165) is 51.2 Å². The Kier molecular flexibility index (Phi) is 29.7. The van der Waals surface area contributed by atoms with Crippen molar-refractivity contribution < 1.29 is 183 Å². The Labute approximate surface area is 572 Å². The Morgan fingerprint density at radius 1 is 0.350 bits per heavy atom. The van der Waals surface area contributed by atoms with E-state index in [4.69, 9.17) is 66.3 Å². The molecule has 22 aliphatic rings. The summed E-state index contributed by atoms with van der Waals surface area (Å²) >= 11 is 0. The summed E-state index contributed by atoms with van der Waals surface area (Å²) in [6, 6.07) is 0. The maximum absolute atomic E-state index is 14.5. The number of aliphatic hydroxyl groups excluding tert-OH is 20. The first-order valence-corrected chi connectivity index (χ1v) is 34.1. The van der Waals surface area contributed by atoms with Gasteiger partial charge in [0.05, 0.1) is 39.6 Å². The third-order valence-electron chi connectivity index (χ3n) is 19.8. The summed E-state index contributed by atoms with van der Waals surface area (Å²) in [7, 11) is 0. The van der Waals surface area contributed by atoms with Crippen LogP contribution in [0.25, 0.3) is 0 Å². The van der Waals surface area contributed by atoms with Crippen LogP contribution in [0, 0.1) is 5.21 Å². The summed E-state index contributed by atoms with van der Waals surface area (Å²) in [5.74, 6) is -2.16. The standard InChI is InChI=1S/C60H101N3O37/c1-2-3-4-5-6-7-8-9-10-11-14-61-58(84)60(13-12-15-63(60)86)59(85)62-16-23-44-30(70)37(77)51(87-23)95-45-24(17-64)89-53(39(79)32(45)72)97-47-26(19-66)91-55(41(81)34(47)74)99-49-28(21-68)93-57(43(83)36(49)76)100-50-29(22-69)92-56(42(82)35(50)75)98-48-27(20-67)90-54(40(80)33(48)73)96-46-25(18-65)88-52(94-44)38(78)31(46)71/h15,23-57,64-83H,2-14,16-22H2,1H3,(H,61,84)(H,62,85)/t23-,24-,25-,26-,27-,28-,29-,30-,31-,32-,33-,34-,35-,36?,37-,38?,39-,40?,41-,42?,43-,44-,45-,46-,47-,48-,49-,50-,51-,52-,53-,54-,55-,56-,57-,60?/m1/s1. The lowest BCUT2D eigenvalue weighted by molar-refractivity contribution is -0.503. The molecule has 22 N–H and O–H groups in total. The second kappa shape index (κ2) is 36.6. The smallest absolute Gasteiger partial charge is 0.327 e. The van der Waals surface area contributed by atoms with Gasteiger partial charge in [-0.1, -0.05) is 64.7 Å². The Morgan fingerprint density at radius 2 is 0.580 bits per heavy atom. The minimum absolute atomic E-state index is 0.0319. The van der Waals surface area contributed by atoms with Gasteiger partial charge < -0.3 is 184 Å². The molecule has 22 rings (SSSR count). The zero-order chi connectivity index (χ0) is 72.6. The molecule has 14 bridgehead atoms. The fourth-order valence-corrected chi connectivity index (χ4v) is 13.9. The van der Waals surface area contributed by atoms with E-state index in [1.54, 1.807) is 0 Å². The van der Waals surface area contributed by atoms with Crippen LogP contribution in [0.4, 0.5) is 0 Å². The SMILES string of the molecule is CCCCCCCCCCCCNC(=O)C1(C(=O)NC[C@H]2O[C@@H]3O[C@H]4[C@H](O)[C@@H](O)[C@@H](O[C@H]5[C@H](O)[C@@H](O)[C@H](O[C@@H]5CO)O[C@H]5C(O)[C@@H](O)[C@@H](O[C@H]6[C@H](O)C(O)[C@@H](O[C@H]7[C@H](O)C(O)[C@@H](O[C@H]8[C@H](O)C(O)[C@@H](O[C@H]2[C@H](O)[C@H]3O)O[C@@H]8CO)O[C@@H]7CO)O[C@@H]6CO)O[C@@H]5CO)O[C@@H]4CO)CCC=[N+]1[O-]. The highest BCUT2D eigenvalue weighted by Gasteiger charge is 2.61. The monoisotopic (exact) mass is 1460 g/mol. The van der Waals surface area contributed by atoms with Gasteiger partial charge in [-0.25, -0.2) is 0 Å². The summed E-state index contributed by atoms with van der Waals surface area (Å²) in [5, 5.41) is 245. The molecule has 0 radical (unpaired) electrons. The average Bonchev–Trinajstić information content (AvgIpc) is 1.01. The van der Waals surface area contributed by atoms with Crippen molar-refractivity contribution in [3.8, 4) is 0 Å². The lowest BCUT2D eigenvalue weighted by atomic mass is 9.93. The molecule has 22 heterocycles. The van der Waals surface area contributed by atoms with Crippen LogP contribution in [-0.2, 0) is 75.9 Å². The quantitative estimate of drug-likeness (QED) is 0.0220. The molecule has 22 aliphatic heterocycles. The van der Waals surface area contributed by atoms with Crippen LogP contribution in [0.15, 0.2) is 0 Å². The van der Waals surface area contributed by atoms with E-state index >= 15 is 0 Å². The Bertz CT molecular complexity index is 2550. The van der Waals surface area contributed by atoms with Crippen molar-refractivity contribution in [3.05, 3.63) is 5.21 Å². The number of hydroxylamine groups is 1. The molecule has 0 aliphatic carbocycles. The van der Waals surface area contributed by atoms with Gasteiger partial charge in [-0.15, -0.1) is 0 Å². The molecule has 0 saturated carbocycles. The van der Waals surface area contributed by atoms with Crippen molar-refractivity contribution in [2.24, 2.45) is 0 Å². The maximum Gasteiger partial charge on any atom is 0.327 e. The molecule has 40 heteroatoms. The fraction of sp³-hybridized carbons (Fsp3) is 0.950. The Balaban J connectivity index is 0.989. The van der Waals surface area contributed by atoms with E-state index < -0.39 is 278 Å². The van der Waals surface area contributed by atoms with Gasteiger partial charge in [0.2, 0.25) is 0 Å². The first-order chi connectivity index (χ1) is 47.8. The van der Waals surface area contributed by atoms with Gasteiger partial charge in [-0.2, -0.15) is 4.74 Å². The Hall–Kier alpha value is -2.95. The van der Waals surface area contributed by atoms with E-state index in [9.17, 15) is 117 Å². The number of nitrogens with zero attached hydrogens (tertiary/aromatic N) is 1. The van der Waals surface area contributed by atoms with Gasteiger partial charge in [-0.05, 0) is 6.42 Å². The largest absolute Gasteiger partial charge is 0.623 e. The van der Waals surface area contributed by atoms with Gasteiger partial charge >= 0.3 is 17.4 Å². The highest BCUT2D eigenvalue weighted by atomic mass is 16.8. The number of nitrogens with one attached hydrogen (secondary N) is 2. The zero-order valence-corrected chi connectivity index (χ0v) is 54.8. The number of carbonyl (C=O) groups excluding carboxylic acids is 2. The van der Waals surface area contributed by atoms with Crippen LogP contribution >= 0.6 is 0 Å². The molecule has 2 amide bonds. The van der Waals surface area contributed by atoms with Crippen molar-refractivity contribution in [3.63, 3.8) is 0 Å². The van der Waals surface area contributed by atoms with Crippen molar-refractivity contribution >= 4 is 18.0 Å². The van der Waals surface area contributed by atoms with Crippen molar-refractivity contribution in [2.45, 2.75) is 304 Å². The van der Waals surface area contributed by atoms with Gasteiger partial charge in [0, 0.05) is 25.9 Å². The molecule has 0 spiro atoms. The highest BCUT2D eigenvalue weighted by Crippen LogP contribution is 2.39. The fourth-order valence-electron chi connectivity index (χ4n) is 13.9. The first-order valence-electron chi connectivity index (χ1n) is 34.1. The number of hydrogen-bond acceptors (Lipinski definition) is 37. The van der Waals surface area contributed by atoms with Crippen LogP contribution in [0.5, 0.6) is 0 Å². The first kappa shape index (κ1) is 81.1. The molecule has 0 aromatic heterocycles. The summed E-state index contributed by atoms with van der Waals surface area (Å²) < 4.78 is 81.7. The van der Waals surface area contributed by atoms with E-state index in [1.807, 2.05) is 0 Å². The third-order valence-corrected chi connectivity index (χ3v) is 19.8. The number of unbranched alkanes of at least 4 members (excludes halogenated alkanes) is 9. The molecule has 40 nitrogen and oxygen atoms in total. The predicted octanol–water partition coefficient (Wildman–Crippen LogP) is -12.0. The van der Waals surface area contributed by atoms with Crippen LogP contribution < -0.4 is 10.6 Å². The number of rotatable bonds is 21. The number of hydrogen-bond donors (Lipinski definition) is 22. The molecule has 0 aromatic carbocycles. The van der Waals surface area contributed by atoms with Gasteiger partial charge in [0.1, 0.15) is 171 Å². The molecule has 36 atom stereocenters. The number of ether oxygens (including phenoxy) is 14. The number of carbonyl (C=O) groups is 2. The second-order valence-corrected chi connectivity index (χ2v) is 26.5. The minimum Gasteiger partial charge on any atom is -0.623 e. The van der Waals surface area contributed by atoms with Crippen LogP contribution in [0.2, 0.25) is 0 Å². The van der Waals surface area contributed by atoms with Crippen LogP contribution in [-0.4, -0.2) is 398 Å². The molecule has 21 fully saturated rings. The predicted molar refractivity (Wildman–Crippen MR) is 321 cm³/mol. The van der Waals surface area contributed by atoms with Gasteiger partial charge in [0.25, 0.3) is 0 Å². The van der Waals surface area contributed by atoms with Crippen molar-refractivity contribution in [1.29, 1.82) is 0 Å². The van der Waals surface area contributed by atoms with Gasteiger partial charge in [0.15, 0.2) is 50.2 Å². The highest BCUT2D eigenvalue weighted by molar-refractivity contribution is 6.09. The molecule has 100 heavy (non-hydrogen) atoms. The van der Waals surface area contributed by atoms with Crippen LogP contribution in [0.1, 0.15) is 84.0 Å². The number of aliphatic hydroxyl groups is 20. The molecule has 578 valence electrons. The molecular formula is C60H101N3O37. The molecule has 21 saturated heterocycles. The van der Waals surface area contributed by atoms with E-state index in [-0.39, 0.29) is 24.1 Å². The van der Waals surface area contributed by atoms with E-state index in [2.05, 4.69) is 17.6 Å². The lowest BCUT2D eigenvalue weighted by Gasteiger charge is -2.50. The maximum atomic E-state index is 14.5. The molecule has 0 aromatic rings. The van der Waals surface area contributed by atoms with Crippen molar-refractivity contribution in [2.75, 3.05) is 52.7 Å². The summed E-state index contributed by atoms with van der Waals surface area (Å²) in [4.78, 5) is 28.5. The topological polar surface area (TPSA) is 618 Å². The second-order valence-electron chi connectivity index (χ2n) is 26.5. The lowest BCUT2D eigenvalue weighted by Crippen LogP contribution is -2.69. The summed E-state index contributed by atoms with van der Waals surface area (Å²) in [6.45, 7) is -5.24. The van der Waals surface area contributed by atoms with E-state index in [1.165, 1.54) is 12.8 Å². The average molecular weight is 1460 g/mol. The van der Waals surface area contributed by atoms with Gasteiger partial charge in [-0.3, -0.25) is 9.59 Å². The number of amides is 2.